The number of nitrogens with one attached hydrogen (secondary N) is 2. The molecule has 0 aromatic heterocycles. The number of benzene rings is 3. The van der Waals surface area contributed by atoms with Gasteiger partial charge in [0, 0.05) is 18.0 Å². The molecule has 0 aliphatic heterocycles. The SMILES string of the molecule is Cc1ccccc1C(=O)NCC(=O)NCC(c1ccccc1)c1ccccc1. The van der Waals surface area contributed by atoms with Gasteiger partial charge in [-0.3, -0.25) is 9.59 Å². The summed E-state index contributed by atoms with van der Waals surface area (Å²) in [6, 6.07) is 27.5. The molecular formula is C24H24N2O2. The molecule has 0 bridgehead atoms. The molecule has 0 aliphatic rings. The largest absolute Gasteiger partial charge is 0.354 e. The van der Waals surface area contributed by atoms with E-state index in [0.29, 0.717) is 12.1 Å². The fourth-order valence-electron chi connectivity index (χ4n) is 3.16. The maximum absolute atomic E-state index is 12.3. The van der Waals surface area contributed by atoms with Crippen LogP contribution in [0.25, 0.3) is 0 Å². The molecule has 4 heteroatoms. The van der Waals surface area contributed by atoms with Gasteiger partial charge in [-0.1, -0.05) is 78.9 Å². The molecule has 0 fully saturated rings. The average Bonchev–Trinajstić information content (AvgIpc) is 2.74. The highest BCUT2D eigenvalue weighted by molar-refractivity contribution is 5.97. The van der Waals surface area contributed by atoms with E-state index in [1.807, 2.05) is 61.5 Å². The van der Waals surface area contributed by atoms with Gasteiger partial charge in [-0.15, -0.1) is 0 Å². The van der Waals surface area contributed by atoms with Gasteiger partial charge in [0.2, 0.25) is 5.91 Å². The average molecular weight is 372 g/mol. The Bertz CT molecular complexity index is 884. The number of carbonyl (C=O) groups excluding carboxylic acids is 2. The summed E-state index contributed by atoms with van der Waals surface area (Å²) in [5.74, 6) is -0.395. The first-order valence-corrected chi connectivity index (χ1v) is 9.35. The second-order valence-electron chi connectivity index (χ2n) is 6.68. The maximum Gasteiger partial charge on any atom is 0.251 e. The van der Waals surface area contributed by atoms with E-state index >= 15 is 0 Å². The predicted molar refractivity (Wildman–Crippen MR) is 111 cm³/mol. The maximum atomic E-state index is 12.3. The second kappa shape index (κ2) is 9.51. The van der Waals surface area contributed by atoms with Crippen LogP contribution in [0, 0.1) is 6.92 Å². The van der Waals surface area contributed by atoms with Gasteiger partial charge < -0.3 is 10.6 Å². The Labute approximate surface area is 165 Å². The van der Waals surface area contributed by atoms with Gasteiger partial charge in [0.15, 0.2) is 0 Å². The lowest BCUT2D eigenvalue weighted by Crippen LogP contribution is -2.38. The summed E-state index contributed by atoms with van der Waals surface area (Å²) in [4.78, 5) is 24.6. The summed E-state index contributed by atoms with van der Waals surface area (Å²) >= 11 is 0. The van der Waals surface area contributed by atoms with Crippen LogP contribution in [0.1, 0.15) is 33.0 Å². The molecule has 0 heterocycles. The van der Waals surface area contributed by atoms with Crippen molar-refractivity contribution in [1.82, 2.24) is 10.6 Å². The van der Waals surface area contributed by atoms with E-state index in [-0.39, 0.29) is 24.3 Å². The van der Waals surface area contributed by atoms with Crippen molar-refractivity contribution in [2.24, 2.45) is 0 Å². The quantitative estimate of drug-likeness (QED) is 0.665. The molecule has 3 aromatic rings. The molecule has 3 aromatic carbocycles. The number of carbonyl (C=O) groups is 2. The second-order valence-corrected chi connectivity index (χ2v) is 6.68. The fraction of sp³-hybridized carbons (Fsp3) is 0.167. The summed E-state index contributed by atoms with van der Waals surface area (Å²) in [6.07, 6.45) is 0. The Hall–Kier alpha value is -3.40. The minimum absolute atomic E-state index is 0.0521. The normalized spacial score (nSPS) is 10.5. The van der Waals surface area contributed by atoms with Crippen LogP contribution in [0.15, 0.2) is 84.9 Å². The van der Waals surface area contributed by atoms with E-state index in [2.05, 4.69) is 34.9 Å². The van der Waals surface area contributed by atoms with Gasteiger partial charge >= 0.3 is 0 Å². The van der Waals surface area contributed by atoms with E-state index in [0.717, 1.165) is 16.7 Å². The van der Waals surface area contributed by atoms with Gasteiger partial charge in [-0.25, -0.2) is 0 Å². The van der Waals surface area contributed by atoms with Crippen molar-refractivity contribution in [2.45, 2.75) is 12.8 Å². The van der Waals surface area contributed by atoms with Crippen molar-refractivity contribution in [3.8, 4) is 0 Å². The Balaban J connectivity index is 1.60. The summed E-state index contributed by atoms with van der Waals surface area (Å²) in [6.45, 7) is 2.29. The van der Waals surface area contributed by atoms with Crippen LogP contribution in [0.2, 0.25) is 0 Å². The van der Waals surface area contributed by atoms with Gasteiger partial charge in [0.1, 0.15) is 0 Å². The van der Waals surface area contributed by atoms with Crippen LogP contribution >= 0.6 is 0 Å². The summed E-state index contributed by atoms with van der Waals surface area (Å²) < 4.78 is 0. The summed E-state index contributed by atoms with van der Waals surface area (Å²) in [5.41, 5.74) is 3.74. The zero-order valence-corrected chi connectivity index (χ0v) is 15.9. The first-order chi connectivity index (χ1) is 13.6. The van der Waals surface area contributed by atoms with Crippen molar-refractivity contribution in [2.75, 3.05) is 13.1 Å². The van der Waals surface area contributed by atoms with Gasteiger partial charge in [0.05, 0.1) is 6.54 Å². The van der Waals surface area contributed by atoms with Crippen LogP contribution in [0.5, 0.6) is 0 Å². The fourth-order valence-corrected chi connectivity index (χ4v) is 3.16. The van der Waals surface area contributed by atoms with E-state index in [1.54, 1.807) is 6.07 Å². The molecule has 2 amide bonds. The third-order valence-corrected chi connectivity index (χ3v) is 4.71. The summed E-state index contributed by atoms with van der Waals surface area (Å²) in [7, 11) is 0. The van der Waals surface area contributed by atoms with Crippen LogP contribution < -0.4 is 10.6 Å². The molecular weight excluding hydrogens is 348 g/mol. The van der Waals surface area contributed by atoms with Crippen LogP contribution in [-0.4, -0.2) is 24.9 Å². The van der Waals surface area contributed by atoms with Crippen molar-refractivity contribution in [3.63, 3.8) is 0 Å². The Morgan fingerprint density at radius 1 is 0.750 bits per heavy atom. The molecule has 0 radical (unpaired) electrons. The molecule has 0 saturated carbocycles. The number of rotatable bonds is 7. The van der Waals surface area contributed by atoms with Gasteiger partial charge in [0.25, 0.3) is 5.91 Å². The number of aryl methyl sites for hydroxylation is 1. The lowest BCUT2D eigenvalue weighted by molar-refractivity contribution is -0.120. The molecule has 3 rings (SSSR count). The van der Waals surface area contributed by atoms with Crippen molar-refractivity contribution in [1.29, 1.82) is 0 Å². The van der Waals surface area contributed by atoms with Crippen LogP contribution in [0.3, 0.4) is 0 Å². The van der Waals surface area contributed by atoms with Crippen molar-refractivity contribution in [3.05, 3.63) is 107 Å². The molecule has 0 atom stereocenters. The molecule has 4 nitrogen and oxygen atoms in total. The molecule has 28 heavy (non-hydrogen) atoms. The molecule has 2 N–H and O–H groups in total. The minimum atomic E-state index is -0.240. The summed E-state index contributed by atoms with van der Waals surface area (Å²) in [5, 5.41) is 5.64. The first kappa shape index (κ1) is 19.4. The molecule has 0 unspecified atom stereocenters. The highest BCUT2D eigenvalue weighted by Gasteiger charge is 2.16. The topological polar surface area (TPSA) is 58.2 Å². The Kier molecular flexibility index (Phi) is 6.58. The monoisotopic (exact) mass is 372 g/mol. The molecule has 0 saturated heterocycles. The zero-order chi connectivity index (χ0) is 19.8. The molecule has 0 spiro atoms. The zero-order valence-electron chi connectivity index (χ0n) is 15.9. The highest BCUT2D eigenvalue weighted by atomic mass is 16.2. The Morgan fingerprint density at radius 3 is 1.86 bits per heavy atom. The minimum Gasteiger partial charge on any atom is -0.354 e. The Morgan fingerprint density at radius 2 is 1.29 bits per heavy atom. The smallest absolute Gasteiger partial charge is 0.251 e. The van der Waals surface area contributed by atoms with Crippen LogP contribution in [-0.2, 0) is 4.79 Å². The van der Waals surface area contributed by atoms with E-state index in [4.69, 9.17) is 0 Å². The first-order valence-electron chi connectivity index (χ1n) is 9.35. The van der Waals surface area contributed by atoms with Crippen LogP contribution in [0.4, 0.5) is 0 Å². The van der Waals surface area contributed by atoms with E-state index in [9.17, 15) is 9.59 Å². The molecule has 142 valence electrons. The van der Waals surface area contributed by atoms with E-state index < -0.39 is 0 Å². The van der Waals surface area contributed by atoms with Gasteiger partial charge in [-0.05, 0) is 29.7 Å². The lowest BCUT2D eigenvalue weighted by atomic mass is 9.91. The number of amides is 2. The number of hydrogen-bond donors (Lipinski definition) is 2. The van der Waals surface area contributed by atoms with E-state index in [1.165, 1.54) is 0 Å². The third kappa shape index (κ3) is 5.07. The van der Waals surface area contributed by atoms with Crippen molar-refractivity contribution >= 4 is 11.8 Å². The van der Waals surface area contributed by atoms with Gasteiger partial charge in [-0.2, -0.15) is 0 Å². The standard InChI is InChI=1S/C24H24N2O2/c1-18-10-8-9-15-21(18)24(28)26-17-23(27)25-16-22(19-11-4-2-5-12-19)20-13-6-3-7-14-20/h2-15,22H,16-17H2,1H3,(H,25,27)(H,26,28). The number of hydrogen-bond acceptors (Lipinski definition) is 2. The molecule has 0 aliphatic carbocycles. The predicted octanol–water partition coefficient (Wildman–Crippen LogP) is 3.67. The lowest BCUT2D eigenvalue weighted by Gasteiger charge is -2.19. The third-order valence-electron chi connectivity index (χ3n) is 4.71. The highest BCUT2D eigenvalue weighted by Crippen LogP contribution is 2.23. The van der Waals surface area contributed by atoms with Crippen molar-refractivity contribution < 1.29 is 9.59 Å².